The van der Waals surface area contributed by atoms with Gasteiger partial charge in [0, 0.05) is 25.0 Å². The van der Waals surface area contributed by atoms with E-state index in [1.165, 1.54) is 0 Å². The van der Waals surface area contributed by atoms with Crippen LogP contribution in [0.1, 0.15) is 37.1 Å². The van der Waals surface area contributed by atoms with Gasteiger partial charge in [-0.05, 0) is 55.7 Å². The fourth-order valence-corrected chi connectivity index (χ4v) is 4.61. The van der Waals surface area contributed by atoms with Crippen molar-refractivity contribution in [2.24, 2.45) is 5.92 Å². The van der Waals surface area contributed by atoms with E-state index in [2.05, 4.69) is 15.3 Å². The van der Waals surface area contributed by atoms with Crippen LogP contribution in [0.25, 0.3) is 11.0 Å². The molecule has 0 bridgehead atoms. The van der Waals surface area contributed by atoms with E-state index in [-0.39, 0.29) is 43.4 Å². The van der Waals surface area contributed by atoms with E-state index in [1.807, 2.05) is 55.5 Å². The van der Waals surface area contributed by atoms with Crippen LogP contribution in [0.5, 0.6) is 11.5 Å². The lowest BCUT2D eigenvalue weighted by molar-refractivity contribution is -0.166. The summed E-state index contributed by atoms with van der Waals surface area (Å²) in [6, 6.07) is 13.5. The summed E-state index contributed by atoms with van der Waals surface area (Å²) in [4.78, 5) is 20.9. The Bertz CT molecular complexity index is 1190. The highest BCUT2D eigenvalue weighted by molar-refractivity contribution is 5.91. The number of aromatic amines is 1. The normalized spacial score (nSPS) is 21.0. The van der Waals surface area contributed by atoms with E-state index < -0.39 is 6.29 Å². The molecule has 1 amide bonds. The number of para-hydroxylation sites is 2. The minimum Gasteiger partial charge on any atom is -0.459 e. The fourth-order valence-electron chi connectivity index (χ4n) is 4.61. The lowest BCUT2D eigenvalue weighted by atomic mass is 9.80. The Morgan fingerprint density at radius 2 is 2.09 bits per heavy atom. The van der Waals surface area contributed by atoms with E-state index in [4.69, 9.17) is 18.9 Å². The zero-order valence-corrected chi connectivity index (χ0v) is 19.5. The average molecular weight is 480 g/mol. The standard InChI is InChI=1S/C26H29N3O6/c1-2-32-26-17(6-5-11-30)18(16-9-10-21-22(12-16)34-15-33-21)13-23(35-26)25(31)27-14-24-28-19-7-3-4-8-20(19)29-24/h3-4,7-10,12-13,17-18,26,30H,2,5-6,11,14-15H2,1H3,(H,27,31)(H,28,29)/t17-,18+,26+/m0/s1. The summed E-state index contributed by atoms with van der Waals surface area (Å²) in [5, 5.41) is 12.4. The molecule has 3 N–H and O–H groups in total. The van der Waals surface area contributed by atoms with Gasteiger partial charge in [0.05, 0.1) is 17.6 Å². The first-order valence-corrected chi connectivity index (χ1v) is 11.9. The number of carbonyl (C=O) groups is 1. The van der Waals surface area contributed by atoms with Crippen molar-refractivity contribution < 1.29 is 28.8 Å². The van der Waals surface area contributed by atoms with Crippen molar-refractivity contribution >= 4 is 16.9 Å². The summed E-state index contributed by atoms with van der Waals surface area (Å²) >= 11 is 0. The molecule has 0 aliphatic carbocycles. The van der Waals surface area contributed by atoms with Crippen LogP contribution in [0.2, 0.25) is 0 Å². The third-order valence-electron chi connectivity index (χ3n) is 6.27. The Hall–Kier alpha value is -3.56. The first-order valence-electron chi connectivity index (χ1n) is 11.9. The molecule has 3 atom stereocenters. The predicted molar refractivity (Wildman–Crippen MR) is 128 cm³/mol. The van der Waals surface area contributed by atoms with Crippen molar-refractivity contribution in [2.75, 3.05) is 20.0 Å². The fraction of sp³-hybridized carbons (Fsp3) is 0.385. The molecule has 9 heteroatoms. The van der Waals surface area contributed by atoms with Crippen molar-refractivity contribution in [3.8, 4) is 11.5 Å². The molecule has 0 fully saturated rings. The summed E-state index contributed by atoms with van der Waals surface area (Å²) in [6.45, 7) is 2.81. The molecule has 2 aliphatic rings. The predicted octanol–water partition coefficient (Wildman–Crippen LogP) is 3.36. The van der Waals surface area contributed by atoms with Crippen LogP contribution in [0.15, 0.2) is 54.3 Å². The van der Waals surface area contributed by atoms with Gasteiger partial charge >= 0.3 is 0 Å². The third kappa shape index (κ3) is 4.96. The molecule has 0 saturated heterocycles. The van der Waals surface area contributed by atoms with Crippen LogP contribution in [0.3, 0.4) is 0 Å². The number of nitrogens with one attached hydrogen (secondary N) is 2. The minimum atomic E-state index is -0.626. The zero-order valence-electron chi connectivity index (χ0n) is 19.5. The second-order valence-corrected chi connectivity index (χ2v) is 8.52. The van der Waals surface area contributed by atoms with Crippen LogP contribution in [-0.4, -0.2) is 47.3 Å². The number of amides is 1. The van der Waals surface area contributed by atoms with Crippen molar-refractivity contribution in [1.82, 2.24) is 15.3 Å². The lowest BCUT2D eigenvalue weighted by Gasteiger charge is -2.37. The zero-order chi connectivity index (χ0) is 24.2. The number of carbonyl (C=O) groups excluding carboxylic acids is 1. The number of aromatic nitrogens is 2. The highest BCUT2D eigenvalue weighted by atomic mass is 16.7. The van der Waals surface area contributed by atoms with E-state index in [0.29, 0.717) is 36.8 Å². The van der Waals surface area contributed by atoms with Crippen LogP contribution in [-0.2, 0) is 20.8 Å². The molecule has 184 valence electrons. The molecule has 3 heterocycles. The Morgan fingerprint density at radius 3 is 2.91 bits per heavy atom. The molecule has 0 unspecified atom stereocenters. The number of hydrogen-bond donors (Lipinski definition) is 3. The summed E-state index contributed by atoms with van der Waals surface area (Å²) < 4.78 is 23.0. The maximum absolute atomic E-state index is 13.1. The first kappa shape index (κ1) is 23.2. The number of allylic oxidation sites excluding steroid dienone is 1. The topological polar surface area (TPSA) is 115 Å². The number of hydrogen-bond acceptors (Lipinski definition) is 7. The Kier molecular flexibility index (Phi) is 6.87. The van der Waals surface area contributed by atoms with Crippen LogP contribution in [0.4, 0.5) is 0 Å². The summed E-state index contributed by atoms with van der Waals surface area (Å²) in [5.41, 5.74) is 2.72. The monoisotopic (exact) mass is 479 g/mol. The number of fused-ring (bicyclic) bond motifs is 2. The van der Waals surface area contributed by atoms with E-state index in [1.54, 1.807) is 0 Å². The smallest absolute Gasteiger partial charge is 0.286 e. The summed E-state index contributed by atoms with van der Waals surface area (Å²) in [7, 11) is 0. The van der Waals surface area contributed by atoms with Gasteiger partial charge in [-0.2, -0.15) is 0 Å². The largest absolute Gasteiger partial charge is 0.459 e. The number of imidazole rings is 1. The molecule has 9 nitrogen and oxygen atoms in total. The van der Waals surface area contributed by atoms with Crippen LogP contribution >= 0.6 is 0 Å². The van der Waals surface area contributed by atoms with Crippen molar-refractivity contribution in [1.29, 1.82) is 0 Å². The lowest BCUT2D eigenvalue weighted by Crippen LogP contribution is -2.39. The molecule has 3 aromatic rings. The second kappa shape index (κ2) is 10.4. The van der Waals surface area contributed by atoms with Gasteiger partial charge in [-0.1, -0.05) is 18.2 Å². The molecular weight excluding hydrogens is 450 g/mol. The second-order valence-electron chi connectivity index (χ2n) is 8.52. The molecule has 0 spiro atoms. The highest BCUT2D eigenvalue weighted by Crippen LogP contribution is 2.42. The third-order valence-corrected chi connectivity index (χ3v) is 6.27. The quantitative estimate of drug-likeness (QED) is 0.431. The van der Waals surface area contributed by atoms with Gasteiger partial charge in [0.1, 0.15) is 5.82 Å². The van der Waals surface area contributed by atoms with Gasteiger partial charge in [-0.3, -0.25) is 4.79 Å². The maximum atomic E-state index is 13.1. The number of ether oxygens (including phenoxy) is 4. The van der Waals surface area contributed by atoms with Crippen molar-refractivity contribution in [3.05, 3.63) is 65.7 Å². The van der Waals surface area contributed by atoms with E-state index in [0.717, 1.165) is 16.6 Å². The van der Waals surface area contributed by atoms with Crippen LogP contribution in [0, 0.1) is 5.92 Å². The van der Waals surface area contributed by atoms with Gasteiger partial charge in [0.25, 0.3) is 5.91 Å². The van der Waals surface area contributed by atoms with Gasteiger partial charge < -0.3 is 34.4 Å². The molecule has 35 heavy (non-hydrogen) atoms. The molecule has 5 rings (SSSR count). The van der Waals surface area contributed by atoms with E-state index >= 15 is 0 Å². The first-order chi connectivity index (χ1) is 17.2. The number of benzene rings is 2. The van der Waals surface area contributed by atoms with Crippen molar-refractivity contribution in [2.45, 2.75) is 38.5 Å². The number of H-pyrrole nitrogens is 1. The van der Waals surface area contributed by atoms with Gasteiger partial charge in [0.2, 0.25) is 13.1 Å². The Labute approximate surface area is 203 Å². The molecule has 1 aromatic heterocycles. The number of rotatable bonds is 9. The Morgan fingerprint density at radius 1 is 1.23 bits per heavy atom. The molecular formula is C26H29N3O6. The van der Waals surface area contributed by atoms with Crippen molar-refractivity contribution in [3.63, 3.8) is 0 Å². The maximum Gasteiger partial charge on any atom is 0.286 e. The molecule has 0 saturated carbocycles. The molecule has 2 aromatic carbocycles. The van der Waals surface area contributed by atoms with Gasteiger partial charge in [-0.25, -0.2) is 4.98 Å². The van der Waals surface area contributed by atoms with Crippen LogP contribution < -0.4 is 14.8 Å². The average Bonchev–Trinajstić information content (AvgIpc) is 3.52. The number of aliphatic hydroxyl groups is 1. The molecule has 0 radical (unpaired) electrons. The van der Waals surface area contributed by atoms with E-state index in [9.17, 15) is 9.90 Å². The van der Waals surface area contributed by atoms with Gasteiger partial charge in [0.15, 0.2) is 17.3 Å². The minimum absolute atomic E-state index is 0.0672. The summed E-state index contributed by atoms with van der Waals surface area (Å²) in [6.07, 6.45) is 2.48. The van der Waals surface area contributed by atoms with Gasteiger partial charge in [-0.15, -0.1) is 0 Å². The summed E-state index contributed by atoms with van der Waals surface area (Å²) in [5.74, 6) is 1.62. The highest BCUT2D eigenvalue weighted by Gasteiger charge is 2.38. The number of nitrogens with zero attached hydrogens (tertiary/aromatic N) is 1. The molecule has 2 aliphatic heterocycles. The SMILES string of the molecule is CCO[C@@H]1OC(C(=O)NCc2nc3ccccc3[nH]2)=C[C@H](c2ccc3c(c2)OCO3)[C@@H]1CCCO. The number of aliphatic hydroxyl groups excluding tert-OH is 1. The Balaban J connectivity index is 1.40.